The summed E-state index contributed by atoms with van der Waals surface area (Å²) in [4.78, 5) is 21.5. The number of nitrogens with zero attached hydrogens (tertiary/aromatic N) is 4. The molecule has 0 bridgehead atoms. The Morgan fingerprint density at radius 2 is 2.11 bits per heavy atom. The highest BCUT2D eigenvalue weighted by atomic mass is 16.5. The van der Waals surface area contributed by atoms with E-state index in [4.69, 9.17) is 4.74 Å². The fourth-order valence-corrected chi connectivity index (χ4v) is 3.56. The minimum absolute atomic E-state index is 0.00123. The number of aromatic nitrogens is 4. The minimum atomic E-state index is -0.208. The molecule has 0 radical (unpaired) electrons. The zero-order valence-corrected chi connectivity index (χ0v) is 15.8. The van der Waals surface area contributed by atoms with Gasteiger partial charge in [-0.05, 0) is 31.4 Å². The molecule has 2 atom stereocenters. The molecule has 4 rings (SSSR count). The summed E-state index contributed by atoms with van der Waals surface area (Å²) in [7, 11) is 0. The summed E-state index contributed by atoms with van der Waals surface area (Å²) in [6.07, 6.45) is 4.57. The number of rotatable bonds is 5. The summed E-state index contributed by atoms with van der Waals surface area (Å²) in [5.41, 5.74) is 2.81. The molecule has 0 spiro atoms. The Labute approximate surface area is 163 Å². The van der Waals surface area contributed by atoms with Crippen molar-refractivity contribution in [3.63, 3.8) is 0 Å². The van der Waals surface area contributed by atoms with Crippen molar-refractivity contribution in [3.05, 3.63) is 71.9 Å². The molecule has 1 N–H and O–H groups in total. The van der Waals surface area contributed by atoms with E-state index in [-0.39, 0.29) is 17.9 Å². The van der Waals surface area contributed by atoms with Crippen LogP contribution >= 0.6 is 0 Å². The zero-order valence-electron chi connectivity index (χ0n) is 15.8. The summed E-state index contributed by atoms with van der Waals surface area (Å²) in [5, 5.41) is 7.24. The van der Waals surface area contributed by atoms with Crippen LogP contribution in [0.5, 0.6) is 0 Å². The van der Waals surface area contributed by atoms with Crippen molar-refractivity contribution in [3.8, 4) is 5.82 Å². The molecule has 2 aromatic heterocycles. The number of amides is 1. The molecule has 1 fully saturated rings. The van der Waals surface area contributed by atoms with Crippen LogP contribution in [0.3, 0.4) is 0 Å². The van der Waals surface area contributed by atoms with Crippen LogP contribution in [-0.2, 0) is 16.1 Å². The number of hydrogen-bond acceptors (Lipinski definition) is 5. The van der Waals surface area contributed by atoms with E-state index in [1.54, 1.807) is 11.0 Å². The van der Waals surface area contributed by atoms with E-state index in [0.717, 1.165) is 29.7 Å². The van der Waals surface area contributed by atoms with Crippen LogP contribution < -0.4 is 5.32 Å². The summed E-state index contributed by atoms with van der Waals surface area (Å²) in [6, 6.07) is 13.8. The first-order chi connectivity index (χ1) is 13.7. The first-order valence-corrected chi connectivity index (χ1v) is 9.48. The van der Waals surface area contributed by atoms with Crippen molar-refractivity contribution in [1.82, 2.24) is 25.1 Å². The second kappa shape index (κ2) is 8.31. The van der Waals surface area contributed by atoms with Crippen LogP contribution in [0.25, 0.3) is 5.82 Å². The van der Waals surface area contributed by atoms with Crippen molar-refractivity contribution < 1.29 is 9.53 Å². The highest BCUT2D eigenvalue weighted by Crippen LogP contribution is 2.33. The zero-order chi connectivity index (χ0) is 19.3. The summed E-state index contributed by atoms with van der Waals surface area (Å²) in [6.45, 7) is 2.98. The highest BCUT2D eigenvalue weighted by Gasteiger charge is 2.32. The van der Waals surface area contributed by atoms with E-state index in [0.29, 0.717) is 19.0 Å². The fraction of sp³-hybridized carbons (Fsp3) is 0.333. The van der Waals surface area contributed by atoms with Crippen molar-refractivity contribution in [1.29, 1.82) is 0 Å². The molecule has 144 valence electrons. The highest BCUT2D eigenvalue weighted by molar-refractivity contribution is 5.79. The van der Waals surface area contributed by atoms with Gasteiger partial charge in [0.1, 0.15) is 12.7 Å². The van der Waals surface area contributed by atoms with E-state index >= 15 is 0 Å². The predicted octanol–water partition coefficient (Wildman–Crippen LogP) is 2.75. The maximum absolute atomic E-state index is 13.0. The molecule has 0 saturated carbocycles. The van der Waals surface area contributed by atoms with Crippen LogP contribution in [0, 0.1) is 12.8 Å². The van der Waals surface area contributed by atoms with E-state index in [2.05, 4.69) is 20.4 Å². The largest absolute Gasteiger partial charge is 0.373 e. The van der Waals surface area contributed by atoms with Crippen LogP contribution in [0.15, 0.2) is 55.1 Å². The smallest absolute Gasteiger partial charge is 0.226 e. The van der Waals surface area contributed by atoms with Gasteiger partial charge in [-0.2, -0.15) is 5.10 Å². The third-order valence-corrected chi connectivity index (χ3v) is 4.97. The summed E-state index contributed by atoms with van der Waals surface area (Å²) < 4.78 is 7.57. The molecule has 7 nitrogen and oxygen atoms in total. The number of pyridine rings is 1. The number of benzene rings is 1. The Bertz CT molecular complexity index is 927. The topological polar surface area (TPSA) is 81.9 Å². The van der Waals surface area contributed by atoms with Crippen molar-refractivity contribution in [2.24, 2.45) is 5.92 Å². The molecule has 1 saturated heterocycles. The lowest BCUT2D eigenvalue weighted by Gasteiger charge is -2.31. The molecule has 2 unspecified atom stereocenters. The number of nitrogens with one attached hydrogen (secondary N) is 1. The standard InChI is InChI=1S/C21H23N5O2/c1-15-9-10-17(20(25-15)26-14-22-13-24-26)12-23-21(27)18-8-5-11-28-19(18)16-6-3-2-4-7-16/h2-4,6-7,9-10,13-14,18-19H,5,8,11-12H2,1H3,(H,23,27). The average molecular weight is 377 g/mol. The first kappa shape index (κ1) is 18.3. The van der Waals surface area contributed by atoms with Gasteiger partial charge in [0.15, 0.2) is 5.82 Å². The van der Waals surface area contributed by atoms with Crippen molar-refractivity contribution in [2.45, 2.75) is 32.4 Å². The summed E-state index contributed by atoms with van der Waals surface area (Å²) in [5.74, 6) is 0.473. The lowest BCUT2D eigenvalue weighted by Crippen LogP contribution is -2.37. The Hall–Kier alpha value is -3.06. The quantitative estimate of drug-likeness (QED) is 0.739. The van der Waals surface area contributed by atoms with Crippen LogP contribution in [0.4, 0.5) is 0 Å². The molecular weight excluding hydrogens is 354 g/mol. The van der Waals surface area contributed by atoms with Crippen molar-refractivity contribution >= 4 is 5.91 Å². The minimum Gasteiger partial charge on any atom is -0.373 e. The molecule has 1 aromatic carbocycles. The van der Waals surface area contributed by atoms with Crippen LogP contribution in [0.1, 0.15) is 35.8 Å². The lowest BCUT2D eigenvalue weighted by atomic mass is 9.88. The molecular formula is C21H23N5O2. The van der Waals surface area contributed by atoms with Crippen LogP contribution in [0.2, 0.25) is 0 Å². The van der Waals surface area contributed by atoms with Gasteiger partial charge < -0.3 is 10.1 Å². The summed E-state index contributed by atoms with van der Waals surface area (Å²) >= 11 is 0. The maximum Gasteiger partial charge on any atom is 0.226 e. The molecule has 28 heavy (non-hydrogen) atoms. The Kier molecular flexibility index (Phi) is 5.43. The van der Waals surface area contributed by atoms with Gasteiger partial charge in [-0.3, -0.25) is 4.79 Å². The predicted molar refractivity (Wildman–Crippen MR) is 104 cm³/mol. The molecule has 0 aliphatic carbocycles. The average Bonchev–Trinajstić information content (AvgIpc) is 3.28. The number of carbonyl (C=O) groups is 1. The van der Waals surface area contributed by atoms with E-state index < -0.39 is 0 Å². The molecule has 1 aliphatic heterocycles. The number of hydrogen-bond donors (Lipinski definition) is 1. The second-order valence-corrected chi connectivity index (χ2v) is 6.94. The normalized spacial score (nSPS) is 19.3. The number of ether oxygens (including phenoxy) is 1. The SMILES string of the molecule is Cc1ccc(CNC(=O)C2CCCOC2c2ccccc2)c(-n2cncn2)n1. The van der Waals surface area contributed by atoms with Gasteiger partial charge in [0.2, 0.25) is 5.91 Å². The molecule has 3 aromatic rings. The first-order valence-electron chi connectivity index (χ1n) is 9.48. The Morgan fingerprint density at radius 1 is 1.25 bits per heavy atom. The third-order valence-electron chi connectivity index (χ3n) is 4.97. The third kappa shape index (κ3) is 3.94. The van der Waals surface area contributed by atoms with E-state index in [1.165, 1.54) is 6.33 Å². The van der Waals surface area contributed by atoms with E-state index in [1.807, 2.05) is 49.4 Å². The van der Waals surface area contributed by atoms with Gasteiger partial charge >= 0.3 is 0 Å². The van der Waals surface area contributed by atoms with Gasteiger partial charge in [-0.25, -0.2) is 14.6 Å². The van der Waals surface area contributed by atoms with E-state index in [9.17, 15) is 4.79 Å². The second-order valence-electron chi connectivity index (χ2n) is 6.94. The molecule has 7 heteroatoms. The van der Waals surface area contributed by atoms with Crippen molar-refractivity contribution in [2.75, 3.05) is 6.61 Å². The monoisotopic (exact) mass is 377 g/mol. The van der Waals surface area contributed by atoms with Gasteiger partial charge in [0, 0.05) is 24.4 Å². The number of aryl methyl sites for hydroxylation is 1. The Morgan fingerprint density at radius 3 is 2.89 bits per heavy atom. The molecule has 3 heterocycles. The maximum atomic E-state index is 13.0. The molecule has 1 amide bonds. The van der Waals surface area contributed by atoms with Gasteiger partial charge in [0.05, 0.1) is 12.0 Å². The van der Waals surface area contributed by atoms with Crippen LogP contribution in [-0.4, -0.2) is 32.3 Å². The number of carbonyl (C=O) groups excluding carboxylic acids is 1. The fourth-order valence-electron chi connectivity index (χ4n) is 3.56. The lowest BCUT2D eigenvalue weighted by molar-refractivity contribution is -0.134. The molecule has 1 aliphatic rings. The Balaban J connectivity index is 1.50. The van der Waals surface area contributed by atoms with Gasteiger partial charge in [-0.15, -0.1) is 0 Å². The van der Waals surface area contributed by atoms with Gasteiger partial charge in [-0.1, -0.05) is 36.4 Å². The van der Waals surface area contributed by atoms with Gasteiger partial charge in [0.25, 0.3) is 0 Å².